The molecule has 0 aliphatic carbocycles. The predicted molar refractivity (Wildman–Crippen MR) is 143 cm³/mol. The largest absolute Gasteiger partial charge is 0.495 e. The second kappa shape index (κ2) is 10.9. The van der Waals surface area contributed by atoms with Gasteiger partial charge < -0.3 is 10.1 Å². The van der Waals surface area contributed by atoms with E-state index in [2.05, 4.69) is 5.32 Å². The van der Waals surface area contributed by atoms with Crippen LogP contribution in [0.3, 0.4) is 0 Å². The van der Waals surface area contributed by atoms with Gasteiger partial charge in [-0.15, -0.1) is 0 Å². The summed E-state index contributed by atoms with van der Waals surface area (Å²) in [7, 11) is -5.82. The number of methoxy groups -OCH3 is 1. The molecule has 0 bridgehead atoms. The highest BCUT2D eigenvalue weighted by Gasteiger charge is 2.28. The lowest BCUT2D eigenvalue weighted by Gasteiger charge is -2.23. The smallest absolute Gasteiger partial charge is 0.255 e. The van der Waals surface area contributed by atoms with Gasteiger partial charge in [-0.05, 0) is 60.9 Å². The van der Waals surface area contributed by atoms with Crippen molar-refractivity contribution in [1.82, 2.24) is 4.31 Å². The van der Waals surface area contributed by atoms with E-state index in [-0.39, 0.29) is 22.7 Å². The molecule has 196 valence electrons. The number of carbonyl (C=O) groups excluding carboxylic acids is 1. The van der Waals surface area contributed by atoms with Gasteiger partial charge in [0.1, 0.15) is 5.75 Å². The van der Waals surface area contributed by atoms with E-state index in [1.54, 1.807) is 12.1 Å². The van der Waals surface area contributed by atoms with Gasteiger partial charge in [-0.2, -0.15) is 4.31 Å². The molecule has 9 nitrogen and oxygen atoms in total. The van der Waals surface area contributed by atoms with Crippen LogP contribution in [0.4, 0.5) is 11.4 Å². The molecule has 1 N–H and O–H groups in total. The molecule has 0 atom stereocenters. The lowest BCUT2D eigenvalue weighted by atomic mass is 10.1. The van der Waals surface area contributed by atoms with E-state index >= 15 is 0 Å². The summed E-state index contributed by atoms with van der Waals surface area (Å²) in [5, 5.41) is 2.72. The van der Waals surface area contributed by atoms with Crippen molar-refractivity contribution in [2.75, 3.05) is 36.1 Å². The van der Waals surface area contributed by atoms with Crippen LogP contribution in [0.2, 0.25) is 0 Å². The standard InChI is InChI=1S/C26H29N3O6S2/c1-35-25-15-14-23(37(33,34)28-16-6-7-17-28)18-24(25)27-26(30)21-10-12-22(13-11-21)29(36(2,31)32)19-20-8-4-3-5-9-20/h3-5,8-15,18H,6-7,16-17,19H2,1-2H3,(H,27,30). The molecule has 1 aliphatic heterocycles. The zero-order chi connectivity index (χ0) is 26.6. The van der Waals surface area contributed by atoms with Gasteiger partial charge in [0.2, 0.25) is 20.0 Å². The Hall–Kier alpha value is -3.41. The first-order chi connectivity index (χ1) is 17.6. The van der Waals surface area contributed by atoms with Crippen LogP contribution in [0.15, 0.2) is 77.7 Å². The molecule has 11 heteroatoms. The molecule has 0 unspecified atom stereocenters. The third kappa shape index (κ3) is 6.12. The lowest BCUT2D eigenvalue weighted by molar-refractivity contribution is 0.102. The number of nitrogens with zero attached hydrogens (tertiary/aromatic N) is 2. The highest BCUT2D eigenvalue weighted by Crippen LogP contribution is 2.31. The number of anilines is 2. The number of benzene rings is 3. The summed E-state index contributed by atoms with van der Waals surface area (Å²) in [5.41, 5.74) is 1.73. The summed E-state index contributed by atoms with van der Waals surface area (Å²) in [6.45, 7) is 1.09. The zero-order valence-corrected chi connectivity index (χ0v) is 22.3. The minimum absolute atomic E-state index is 0.0746. The van der Waals surface area contributed by atoms with Crippen LogP contribution < -0.4 is 14.4 Å². The highest BCUT2D eigenvalue weighted by atomic mass is 32.2. The summed E-state index contributed by atoms with van der Waals surface area (Å²) in [4.78, 5) is 13.1. The highest BCUT2D eigenvalue weighted by molar-refractivity contribution is 7.92. The number of amides is 1. The van der Waals surface area contributed by atoms with E-state index in [1.165, 1.54) is 46.1 Å². The first-order valence-corrected chi connectivity index (χ1v) is 15.0. The van der Waals surface area contributed by atoms with Crippen molar-refractivity contribution in [3.63, 3.8) is 0 Å². The van der Waals surface area contributed by atoms with E-state index in [1.807, 2.05) is 30.3 Å². The van der Waals surface area contributed by atoms with Gasteiger partial charge in [-0.1, -0.05) is 30.3 Å². The maximum Gasteiger partial charge on any atom is 0.255 e. The second-order valence-corrected chi connectivity index (χ2v) is 12.6. The quantitative estimate of drug-likeness (QED) is 0.440. The Labute approximate surface area is 217 Å². The summed E-state index contributed by atoms with van der Waals surface area (Å²) in [6.07, 6.45) is 2.76. The van der Waals surface area contributed by atoms with E-state index in [0.717, 1.165) is 24.7 Å². The third-order valence-corrected chi connectivity index (χ3v) is 9.14. The monoisotopic (exact) mass is 543 g/mol. The molecular weight excluding hydrogens is 514 g/mol. The fraction of sp³-hybridized carbons (Fsp3) is 0.269. The number of sulfonamides is 2. The number of rotatable bonds is 9. The Morgan fingerprint density at radius 3 is 2.19 bits per heavy atom. The van der Waals surface area contributed by atoms with Crippen LogP contribution in [-0.2, 0) is 26.6 Å². The van der Waals surface area contributed by atoms with Crippen molar-refractivity contribution in [3.05, 3.63) is 83.9 Å². The topological polar surface area (TPSA) is 113 Å². The van der Waals surface area contributed by atoms with Crippen molar-refractivity contribution < 1.29 is 26.4 Å². The number of ether oxygens (including phenoxy) is 1. The van der Waals surface area contributed by atoms with Gasteiger partial charge in [0, 0.05) is 18.7 Å². The summed E-state index contributed by atoms with van der Waals surface area (Å²) < 4.78 is 58.9. The lowest BCUT2D eigenvalue weighted by Crippen LogP contribution is -2.29. The summed E-state index contributed by atoms with van der Waals surface area (Å²) in [6, 6.07) is 19.7. The molecule has 4 rings (SSSR count). The average molecular weight is 544 g/mol. The van der Waals surface area contributed by atoms with Gasteiger partial charge in [0.15, 0.2) is 0 Å². The Kier molecular flexibility index (Phi) is 7.86. The van der Waals surface area contributed by atoms with E-state index in [0.29, 0.717) is 24.5 Å². The molecule has 1 fully saturated rings. The van der Waals surface area contributed by atoms with Gasteiger partial charge in [0.25, 0.3) is 5.91 Å². The number of hydrogen-bond donors (Lipinski definition) is 1. The molecule has 1 amide bonds. The van der Waals surface area contributed by atoms with Crippen LogP contribution in [0, 0.1) is 0 Å². The van der Waals surface area contributed by atoms with Gasteiger partial charge >= 0.3 is 0 Å². The van der Waals surface area contributed by atoms with Crippen molar-refractivity contribution >= 4 is 37.3 Å². The van der Waals surface area contributed by atoms with E-state index in [4.69, 9.17) is 4.74 Å². The third-order valence-electron chi connectivity index (χ3n) is 6.11. The maximum absolute atomic E-state index is 13.0. The van der Waals surface area contributed by atoms with Crippen LogP contribution in [0.1, 0.15) is 28.8 Å². The fourth-order valence-corrected chi connectivity index (χ4v) is 6.58. The van der Waals surface area contributed by atoms with Gasteiger partial charge in [-0.3, -0.25) is 9.10 Å². The molecule has 1 heterocycles. The van der Waals surface area contributed by atoms with Gasteiger partial charge in [-0.25, -0.2) is 16.8 Å². The molecule has 0 spiro atoms. The van der Waals surface area contributed by atoms with Gasteiger partial charge in [0.05, 0.1) is 36.2 Å². The first-order valence-electron chi connectivity index (χ1n) is 11.7. The molecule has 0 saturated carbocycles. The van der Waals surface area contributed by atoms with E-state index in [9.17, 15) is 21.6 Å². The predicted octanol–water partition coefficient (Wildman–Crippen LogP) is 3.70. The number of carbonyl (C=O) groups is 1. The molecule has 0 aromatic heterocycles. The number of hydrogen-bond acceptors (Lipinski definition) is 6. The number of nitrogens with one attached hydrogen (secondary N) is 1. The normalized spacial score (nSPS) is 14.3. The Balaban J connectivity index is 1.56. The fourth-order valence-electron chi connectivity index (χ4n) is 4.15. The second-order valence-electron chi connectivity index (χ2n) is 8.73. The molecular formula is C26H29N3O6S2. The van der Waals surface area contributed by atoms with E-state index < -0.39 is 26.0 Å². The summed E-state index contributed by atoms with van der Waals surface area (Å²) >= 11 is 0. The first kappa shape index (κ1) is 26.6. The van der Waals surface area contributed by atoms with Crippen LogP contribution >= 0.6 is 0 Å². The average Bonchev–Trinajstić information content (AvgIpc) is 3.43. The SMILES string of the molecule is COc1ccc(S(=O)(=O)N2CCCC2)cc1NC(=O)c1ccc(N(Cc2ccccc2)S(C)(=O)=O)cc1. The Bertz CT molecular complexity index is 1470. The van der Waals surface area contributed by atoms with Crippen LogP contribution in [0.5, 0.6) is 5.75 Å². The molecule has 3 aromatic carbocycles. The molecule has 0 radical (unpaired) electrons. The van der Waals surface area contributed by atoms with Crippen LogP contribution in [-0.4, -0.2) is 53.5 Å². The van der Waals surface area contributed by atoms with Crippen molar-refractivity contribution in [1.29, 1.82) is 0 Å². The van der Waals surface area contributed by atoms with Crippen molar-refractivity contribution in [2.45, 2.75) is 24.3 Å². The van der Waals surface area contributed by atoms with Crippen molar-refractivity contribution in [2.24, 2.45) is 0 Å². The van der Waals surface area contributed by atoms with Crippen LogP contribution in [0.25, 0.3) is 0 Å². The Morgan fingerprint density at radius 2 is 1.59 bits per heavy atom. The minimum Gasteiger partial charge on any atom is -0.495 e. The molecule has 1 aliphatic rings. The zero-order valence-electron chi connectivity index (χ0n) is 20.6. The van der Waals surface area contributed by atoms with Crippen molar-refractivity contribution in [3.8, 4) is 5.75 Å². The Morgan fingerprint density at radius 1 is 0.946 bits per heavy atom. The minimum atomic E-state index is -3.68. The summed E-state index contributed by atoms with van der Waals surface area (Å²) in [5.74, 6) is -0.175. The maximum atomic E-state index is 13.0. The molecule has 3 aromatic rings. The molecule has 37 heavy (non-hydrogen) atoms. The molecule has 1 saturated heterocycles.